The van der Waals surface area contributed by atoms with Crippen LogP contribution in [0.4, 0.5) is 10.1 Å². The van der Waals surface area contributed by atoms with E-state index in [0.29, 0.717) is 11.3 Å². The molecule has 0 aliphatic heterocycles. The predicted octanol–water partition coefficient (Wildman–Crippen LogP) is 2.99. The molecule has 5 heteroatoms. The second-order valence-electron chi connectivity index (χ2n) is 4.22. The number of Topliss-reactive ketones (excluding diaryl/α,β-unsaturated/α-hetero) is 1. The molecule has 4 nitrogen and oxygen atoms in total. The van der Waals surface area contributed by atoms with Crippen LogP contribution in [-0.2, 0) is 0 Å². The van der Waals surface area contributed by atoms with E-state index < -0.39 is 17.5 Å². The van der Waals surface area contributed by atoms with Gasteiger partial charge in [-0.15, -0.1) is 0 Å². The van der Waals surface area contributed by atoms with Crippen LogP contribution in [0.15, 0.2) is 42.5 Å². The number of ketones is 1. The summed E-state index contributed by atoms with van der Waals surface area (Å²) >= 11 is 0. The molecule has 0 aliphatic carbocycles. The lowest BCUT2D eigenvalue weighted by Gasteiger charge is -2.09. The molecule has 0 bridgehead atoms. The van der Waals surface area contributed by atoms with Crippen molar-refractivity contribution in [2.75, 3.05) is 5.32 Å². The molecule has 0 aromatic heterocycles. The van der Waals surface area contributed by atoms with Gasteiger partial charge in [-0.25, -0.2) is 4.39 Å². The van der Waals surface area contributed by atoms with Crippen LogP contribution in [0.2, 0.25) is 0 Å². The summed E-state index contributed by atoms with van der Waals surface area (Å²) in [5.74, 6) is -1.90. The van der Waals surface area contributed by atoms with Gasteiger partial charge in [-0.3, -0.25) is 9.59 Å². The lowest BCUT2D eigenvalue weighted by molar-refractivity contribution is 0.101. The molecule has 0 radical (unpaired) electrons. The first kappa shape index (κ1) is 13.7. The van der Waals surface area contributed by atoms with E-state index in [2.05, 4.69) is 5.32 Å². The van der Waals surface area contributed by atoms with Gasteiger partial charge in [0.25, 0.3) is 5.91 Å². The Hall–Kier alpha value is -2.69. The summed E-state index contributed by atoms with van der Waals surface area (Å²) < 4.78 is 12.9. The molecule has 2 aromatic carbocycles. The van der Waals surface area contributed by atoms with Crippen molar-refractivity contribution >= 4 is 17.4 Å². The Balaban J connectivity index is 2.30. The fourth-order valence-corrected chi connectivity index (χ4v) is 1.79. The van der Waals surface area contributed by atoms with Crippen molar-refractivity contribution in [1.29, 1.82) is 0 Å². The Bertz CT molecular complexity index is 683. The molecule has 20 heavy (non-hydrogen) atoms. The van der Waals surface area contributed by atoms with E-state index in [1.165, 1.54) is 13.0 Å². The number of benzene rings is 2. The molecule has 0 aliphatic rings. The molecule has 1 amide bonds. The van der Waals surface area contributed by atoms with Crippen molar-refractivity contribution < 1.29 is 19.1 Å². The highest BCUT2D eigenvalue weighted by Crippen LogP contribution is 2.21. The maximum Gasteiger partial charge on any atom is 0.259 e. The molecule has 0 saturated carbocycles. The third-order valence-electron chi connectivity index (χ3n) is 2.76. The minimum absolute atomic E-state index is 0.0650. The number of phenolic OH excluding ortho intramolecular Hbond substituents is 1. The van der Waals surface area contributed by atoms with Gasteiger partial charge in [-0.05, 0) is 31.2 Å². The van der Waals surface area contributed by atoms with Crippen LogP contribution in [0.25, 0.3) is 0 Å². The SMILES string of the molecule is CC(=O)c1ccccc1NC(=O)c1ccc(F)cc1O. The molecule has 0 heterocycles. The molecule has 0 unspecified atom stereocenters. The highest BCUT2D eigenvalue weighted by Gasteiger charge is 2.14. The molecule has 102 valence electrons. The number of anilines is 1. The lowest BCUT2D eigenvalue weighted by atomic mass is 10.1. The topological polar surface area (TPSA) is 66.4 Å². The second-order valence-corrected chi connectivity index (χ2v) is 4.22. The summed E-state index contributed by atoms with van der Waals surface area (Å²) in [5, 5.41) is 12.1. The Kier molecular flexibility index (Phi) is 3.79. The minimum atomic E-state index is -0.636. The number of carbonyl (C=O) groups is 2. The number of nitrogens with one attached hydrogen (secondary N) is 1. The number of carbonyl (C=O) groups excluding carboxylic acids is 2. The summed E-state index contributed by atoms with van der Waals surface area (Å²) in [7, 11) is 0. The molecule has 2 N–H and O–H groups in total. The highest BCUT2D eigenvalue weighted by molar-refractivity contribution is 6.10. The zero-order valence-electron chi connectivity index (χ0n) is 10.7. The molecular weight excluding hydrogens is 261 g/mol. The average molecular weight is 273 g/mol. The van der Waals surface area contributed by atoms with Gasteiger partial charge >= 0.3 is 0 Å². The van der Waals surface area contributed by atoms with E-state index >= 15 is 0 Å². The predicted molar refractivity (Wildman–Crippen MR) is 72.5 cm³/mol. The zero-order valence-corrected chi connectivity index (χ0v) is 10.7. The fraction of sp³-hybridized carbons (Fsp3) is 0.0667. The smallest absolute Gasteiger partial charge is 0.259 e. The van der Waals surface area contributed by atoms with E-state index in [0.717, 1.165) is 12.1 Å². The van der Waals surface area contributed by atoms with Crippen molar-refractivity contribution in [1.82, 2.24) is 0 Å². The maximum absolute atomic E-state index is 12.9. The number of para-hydroxylation sites is 1. The first-order valence-electron chi connectivity index (χ1n) is 5.89. The van der Waals surface area contributed by atoms with E-state index in [9.17, 15) is 19.1 Å². The number of hydrogen-bond donors (Lipinski definition) is 2. The molecule has 2 aromatic rings. The number of hydrogen-bond acceptors (Lipinski definition) is 3. The van der Waals surface area contributed by atoms with Gasteiger partial charge in [0, 0.05) is 11.6 Å². The minimum Gasteiger partial charge on any atom is -0.507 e. The largest absolute Gasteiger partial charge is 0.507 e. The first-order valence-corrected chi connectivity index (χ1v) is 5.89. The van der Waals surface area contributed by atoms with Gasteiger partial charge < -0.3 is 10.4 Å². The Morgan fingerprint density at radius 2 is 1.80 bits per heavy atom. The zero-order chi connectivity index (χ0) is 14.7. The highest BCUT2D eigenvalue weighted by atomic mass is 19.1. The number of aromatic hydroxyl groups is 1. The standard InChI is InChI=1S/C15H12FNO3/c1-9(18)11-4-2-3-5-13(11)17-15(20)12-7-6-10(16)8-14(12)19/h2-8,19H,1H3,(H,17,20). The average Bonchev–Trinajstić information content (AvgIpc) is 2.38. The van der Waals surface area contributed by atoms with Gasteiger partial charge in [0.05, 0.1) is 11.3 Å². The van der Waals surface area contributed by atoms with Crippen molar-refractivity contribution in [3.05, 3.63) is 59.4 Å². The van der Waals surface area contributed by atoms with E-state index in [4.69, 9.17) is 0 Å². The van der Waals surface area contributed by atoms with Crippen LogP contribution in [0.3, 0.4) is 0 Å². The van der Waals surface area contributed by atoms with Gasteiger partial charge in [0.15, 0.2) is 5.78 Å². The number of rotatable bonds is 3. The van der Waals surface area contributed by atoms with Crippen molar-refractivity contribution in [2.24, 2.45) is 0 Å². The Morgan fingerprint density at radius 1 is 1.10 bits per heavy atom. The molecule has 0 saturated heterocycles. The quantitative estimate of drug-likeness (QED) is 0.845. The van der Waals surface area contributed by atoms with Crippen molar-refractivity contribution in [2.45, 2.75) is 6.92 Å². The first-order chi connectivity index (χ1) is 9.49. The van der Waals surface area contributed by atoms with Crippen LogP contribution >= 0.6 is 0 Å². The van der Waals surface area contributed by atoms with E-state index in [1.54, 1.807) is 24.3 Å². The van der Waals surface area contributed by atoms with E-state index in [1.807, 2.05) is 0 Å². The van der Waals surface area contributed by atoms with Crippen LogP contribution in [0.1, 0.15) is 27.6 Å². The third kappa shape index (κ3) is 2.83. The summed E-state index contributed by atoms with van der Waals surface area (Å²) in [6.45, 7) is 1.39. The monoisotopic (exact) mass is 273 g/mol. The van der Waals surface area contributed by atoms with Crippen molar-refractivity contribution in [3.63, 3.8) is 0 Å². The Labute approximate surface area is 114 Å². The van der Waals surface area contributed by atoms with Crippen LogP contribution in [0, 0.1) is 5.82 Å². The van der Waals surface area contributed by atoms with Gasteiger partial charge in [-0.1, -0.05) is 12.1 Å². The summed E-state index contributed by atoms with van der Waals surface area (Å²) in [6, 6.07) is 9.62. The van der Waals surface area contributed by atoms with Crippen LogP contribution < -0.4 is 5.32 Å². The van der Waals surface area contributed by atoms with Crippen LogP contribution in [0.5, 0.6) is 5.75 Å². The molecule has 0 spiro atoms. The van der Waals surface area contributed by atoms with E-state index in [-0.39, 0.29) is 11.3 Å². The van der Waals surface area contributed by atoms with Gasteiger partial charge in [0.2, 0.25) is 0 Å². The number of halogens is 1. The number of phenols is 1. The summed E-state index contributed by atoms with van der Waals surface area (Å²) in [5.41, 5.74) is 0.640. The fourth-order valence-electron chi connectivity index (χ4n) is 1.79. The van der Waals surface area contributed by atoms with Gasteiger partial charge in [0.1, 0.15) is 11.6 Å². The molecular formula is C15H12FNO3. The Morgan fingerprint density at radius 3 is 2.45 bits per heavy atom. The van der Waals surface area contributed by atoms with Gasteiger partial charge in [-0.2, -0.15) is 0 Å². The summed E-state index contributed by atoms with van der Waals surface area (Å²) in [6.07, 6.45) is 0. The third-order valence-corrected chi connectivity index (χ3v) is 2.76. The molecule has 0 fully saturated rings. The lowest BCUT2D eigenvalue weighted by Crippen LogP contribution is -2.14. The molecule has 2 rings (SSSR count). The van der Waals surface area contributed by atoms with Crippen molar-refractivity contribution in [3.8, 4) is 5.75 Å². The number of amides is 1. The summed E-state index contributed by atoms with van der Waals surface area (Å²) in [4.78, 5) is 23.5. The molecule has 0 atom stereocenters. The maximum atomic E-state index is 12.9. The second kappa shape index (κ2) is 5.52. The normalized spacial score (nSPS) is 10.1. The van der Waals surface area contributed by atoms with Crippen LogP contribution in [-0.4, -0.2) is 16.8 Å².